The zero-order chi connectivity index (χ0) is 18.3. The Balaban J connectivity index is 1.62. The van der Waals surface area contributed by atoms with E-state index in [1.807, 2.05) is 6.92 Å². The summed E-state index contributed by atoms with van der Waals surface area (Å²) in [5, 5.41) is 3.04. The van der Waals surface area contributed by atoms with Gasteiger partial charge < -0.3 is 9.64 Å². The third-order valence-corrected chi connectivity index (χ3v) is 6.62. The van der Waals surface area contributed by atoms with Crippen LogP contribution in [0.15, 0.2) is 17.1 Å². The number of hydrogen-bond acceptors (Lipinski definition) is 7. The van der Waals surface area contributed by atoms with E-state index in [1.54, 1.807) is 6.20 Å². The molecular formula is C16H21N5O4S. The molecule has 26 heavy (non-hydrogen) atoms. The van der Waals surface area contributed by atoms with E-state index in [0.29, 0.717) is 31.3 Å². The largest absolute Gasteiger partial charge is 0.378 e. The molecule has 9 nitrogen and oxygen atoms in total. The van der Waals surface area contributed by atoms with Crippen LogP contribution in [0.3, 0.4) is 0 Å². The van der Waals surface area contributed by atoms with Gasteiger partial charge in [0.15, 0.2) is 9.84 Å². The molecule has 1 N–H and O–H groups in total. The Morgan fingerprint density at radius 1 is 1.31 bits per heavy atom. The molecule has 1 atom stereocenters. The first-order valence-corrected chi connectivity index (χ1v) is 10.4. The van der Waals surface area contributed by atoms with Crippen LogP contribution in [-0.2, 0) is 14.6 Å². The summed E-state index contributed by atoms with van der Waals surface area (Å²) < 4.78 is 30.1. The van der Waals surface area contributed by atoms with Gasteiger partial charge in [-0.15, -0.1) is 0 Å². The summed E-state index contributed by atoms with van der Waals surface area (Å²) in [6.07, 6.45) is 2.15. The third-order valence-electron chi connectivity index (χ3n) is 4.87. The molecule has 1 unspecified atom stereocenters. The molecule has 140 valence electrons. The fourth-order valence-corrected chi connectivity index (χ4v) is 5.13. The molecule has 2 fully saturated rings. The summed E-state index contributed by atoms with van der Waals surface area (Å²) in [5.41, 5.74) is 1.86. The van der Waals surface area contributed by atoms with Crippen LogP contribution >= 0.6 is 0 Å². The summed E-state index contributed by atoms with van der Waals surface area (Å²) in [5.74, 6) is 0.769. The molecule has 0 bridgehead atoms. The molecule has 2 aliphatic heterocycles. The quantitative estimate of drug-likeness (QED) is 0.807. The average Bonchev–Trinajstić information content (AvgIpc) is 3.17. The minimum atomic E-state index is -3.06. The summed E-state index contributed by atoms with van der Waals surface area (Å²) >= 11 is 0. The highest BCUT2D eigenvalue weighted by Gasteiger charge is 2.30. The van der Waals surface area contributed by atoms with E-state index in [1.165, 1.54) is 10.7 Å². The van der Waals surface area contributed by atoms with Crippen molar-refractivity contribution in [1.82, 2.24) is 19.7 Å². The molecule has 10 heteroatoms. The van der Waals surface area contributed by atoms with Gasteiger partial charge in [0.1, 0.15) is 0 Å². The van der Waals surface area contributed by atoms with E-state index in [9.17, 15) is 13.2 Å². The van der Waals surface area contributed by atoms with Crippen molar-refractivity contribution in [2.45, 2.75) is 19.4 Å². The van der Waals surface area contributed by atoms with Gasteiger partial charge in [-0.1, -0.05) is 0 Å². The van der Waals surface area contributed by atoms with Gasteiger partial charge in [-0.3, -0.25) is 9.89 Å². The summed E-state index contributed by atoms with van der Waals surface area (Å²) in [6.45, 7) is 4.69. The maximum absolute atomic E-state index is 12.3. The molecule has 2 saturated heterocycles. The van der Waals surface area contributed by atoms with Crippen molar-refractivity contribution >= 4 is 15.8 Å². The van der Waals surface area contributed by atoms with Crippen LogP contribution in [0.1, 0.15) is 18.2 Å². The van der Waals surface area contributed by atoms with Crippen LogP contribution in [0, 0.1) is 6.92 Å². The van der Waals surface area contributed by atoms with Crippen LogP contribution in [0.25, 0.3) is 11.3 Å². The van der Waals surface area contributed by atoms with Crippen molar-refractivity contribution in [2.24, 2.45) is 0 Å². The van der Waals surface area contributed by atoms with E-state index < -0.39 is 9.84 Å². The Hall–Kier alpha value is -2.20. The van der Waals surface area contributed by atoms with Crippen molar-refractivity contribution in [3.8, 4) is 11.3 Å². The first-order chi connectivity index (χ1) is 12.4. The third kappa shape index (κ3) is 3.26. The number of nitrogens with one attached hydrogen (secondary N) is 1. The minimum absolute atomic E-state index is 0.00168. The normalized spacial score (nSPS) is 22.7. The molecule has 2 aliphatic rings. The number of H-pyrrole nitrogens is 1. The predicted molar refractivity (Wildman–Crippen MR) is 96.2 cm³/mol. The number of sulfone groups is 1. The van der Waals surface area contributed by atoms with Gasteiger partial charge in [-0.25, -0.2) is 23.1 Å². The Morgan fingerprint density at radius 2 is 2.08 bits per heavy atom. The van der Waals surface area contributed by atoms with Gasteiger partial charge >= 0.3 is 0 Å². The second kappa shape index (κ2) is 6.51. The van der Waals surface area contributed by atoms with Crippen molar-refractivity contribution in [3.05, 3.63) is 28.3 Å². The van der Waals surface area contributed by atoms with E-state index >= 15 is 0 Å². The maximum atomic E-state index is 12.3. The Kier molecular flexibility index (Phi) is 4.31. The smallest absolute Gasteiger partial charge is 0.267 e. The molecule has 4 heterocycles. The maximum Gasteiger partial charge on any atom is 0.267 e. The summed E-state index contributed by atoms with van der Waals surface area (Å²) in [7, 11) is -3.06. The average molecular weight is 379 g/mol. The number of morpholine rings is 1. The fraction of sp³-hybridized carbons (Fsp3) is 0.562. The molecule has 0 amide bonds. The highest BCUT2D eigenvalue weighted by molar-refractivity contribution is 7.91. The van der Waals surface area contributed by atoms with E-state index in [-0.39, 0.29) is 23.1 Å². The van der Waals surface area contributed by atoms with Crippen molar-refractivity contribution in [2.75, 3.05) is 42.7 Å². The molecule has 0 saturated carbocycles. The first kappa shape index (κ1) is 17.2. The van der Waals surface area contributed by atoms with E-state index in [2.05, 4.69) is 20.0 Å². The lowest BCUT2D eigenvalue weighted by Crippen LogP contribution is -2.37. The Bertz CT molecular complexity index is 975. The van der Waals surface area contributed by atoms with Gasteiger partial charge in [0.2, 0.25) is 5.95 Å². The van der Waals surface area contributed by atoms with Crippen molar-refractivity contribution in [3.63, 3.8) is 0 Å². The van der Waals surface area contributed by atoms with Crippen LogP contribution in [0.2, 0.25) is 0 Å². The van der Waals surface area contributed by atoms with Gasteiger partial charge in [0.05, 0.1) is 42.1 Å². The van der Waals surface area contributed by atoms with E-state index in [4.69, 9.17) is 4.74 Å². The van der Waals surface area contributed by atoms with Gasteiger partial charge in [-0.05, 0) is 13.3 Å². The lowest BCUT2D eigenvalue weighted by atomic mass is 10.2. The zero-order valence-electron chi connectivity index (χ0n) is 14.5. The molecule has 0 spiro atoms. The monoisotopic (exact) mass is 379 g/mol. The molecule has 0 aromatic carbocycles. The molecule has 4 rings (SSSR count). The van der Waals surface area contributed by atoms with Gasteiger partial charge in [-0.2, -0.15) is 0 Å². The second-order valence-electron chi connectivity index (χ2n) is 6.70. The van der Waals surface area contributed by atoms with Crippen LogP contribution in [-0.4, -0.2) is 66.0 Å². The number of hydrogen-bond donors (Lipinski definition) is 1. The fourth-order valence-electron chi connectivity index (χ4n) is 3.43. The van der Waals surface area contributed by atoms with Crippen molar-refractivity contribution < 1.29 is 13.2 Å². The minimum Gasteiger partial charge on any atom is -0.378 e. The standard InChI is InChI=1S/C16H21N5O4S/c1-11-13(9-17-16(18-11)20-3-5-25-6-4-20)14-8-15(22)21(19-14)12-2-7-26(23,24)10-12/h8-9,12,19H,2-7,10H2,1H3. The zero-order valence-corrected chi connectivity index (χ0v) is 15.3. The number of aromatic nitrogens is 4. The highest BCUT2D eigenvalue weighted by Crippen LogP contribution is 2.25. The first-order valence-electron chi connectivity index (χ1n) is 8.62. The Labute approximate surface area is 150 Å². The van der Waals surface area contributed by atoms with Crippen LogP contribution in [0.4, 0.5) is 5.95 Å². The number of anilines is 1. The molecular weight excluding hydrogens is 358 g/mol. The SMILES string of the molecule is Cc1nc(N2CCOCC2)ncc1-c1cc(=O)n(C2CCS(=O)(=O)C2)[nH]1. The van der Waals surface area contributed by atoms with Crippen LogP contribution in [0.5, 0.6) is 0 Å². The number of rotatable bonds is 3. The van der Waals surface area contributed by atoms with Crippen LogP contribution < -0.4 is 10.5 Å². The number of aromatic amines is 1. The molecule has 0 aliphatic carbocycles. The van der Waals surface area contributed by atoms with Gasteiger partial charge in [0.25, 0.3) is 5.56 Å². The van der Waals surface area contributed by atoms with Crippen molar-refractivity contribution in [1.29, 1.82) is 0 Å². The topological polar surface area (TPSA) is 110 Å². The van der Waals surface area contributed by atoms with E-state index in [0.717, 1.165) is 24.3 Å². The van der Waals surface area contributed by atoms with Gasteiger partial charge in [0, 0.05) is 30.9 Å². The number of aryl methyl sites for hydroxylation is 1. The molecule has 2 aromatic heterocycles. The lowest BCUT2D eigenvalue weighted by Gasteiger charge is -2.27. The number of nitrogens with zero attached hydrogens (tertiary/aromatic N) is 4. The summed E-state index contributed by atoms with van der Waals surface area (Å²) in [6, 6.07) is 1.14. The second-order valence-corrected chi connectivity index (χ2v) is 8.93. The highest BCUT2D eigenvalue weighted by atomic mass is 32.2. The molecule has 2 aromatic rings. The number of ether oxygens (including phenoxy) is 1. The summed E-state index contributed by atoms with van der Waals surface area (Å²) in [4.78, 5) is 23.4. The Morgan fingerprint density at radius 3 is 2.73 bits per heavy atom. The molecule has 0 radical (unpaired) electrons. The lowest BCUT2D eigenvalue weighted by molar-refractivity contribution is 0.122. The predicted octanol–water partition coefficient (Wildman–Crippen LogP) is 0.138.